The van der Waals surface area contributed by atoms with Gasteiger partial charge in [0.05, 0.1) is 11.5 Å². The molecule has 1 fully saturated rings. The van der Waals surface area contributed by atoms with Crippen LogP contribution in [0.3, 0.4) is 0 Å². The largest absolute Gasteiger partial charge is 0.451 e. The van der Waals surface area contributed by atoms with Crippen LogP contribution in [-0.2, 0) is 9.84 Å². The summed E-state index contributed by atoms with van der Waals surface area (Å²) >= 11 is 5.87. The van der Waals surface area contributed by atoms with E-state index >= 15 is 0 Å². The average Bonchev–Trinajstić information content (AvgIpc) is 2.92. The van der Waals surface area contributed by atoms with E-state index in [1.807, 2.05) is 0 Å². The fourth-order valence-corrected chi connectivity index (χ4v) is 4.15. The first-order chi connectivity index (χ1) is 9.43. The summed E-state index contributed by atoms with van der Waals surface area (Å²) in [4.78, 5) is 12.0. The molecule has 2 heterocycles. The summed E-state index contributed by atoms with van der Waals surface area (Å²) in [5, 5.41) is 3.98. The number of fused-ring (bicyclic) bond motifs is 1. The molecular formula is C13H12ClNO4S. The second kappa shape index (κ2) is 4.79. The van der Waals surface area contributed by atoms with Crippen molar-refractivity contribution in [3.63, 3.8) is 0 Å². The van der Waals surface area contributed by atoms with Crippen LogP contribution in [-0.4, -0.2) is 31.9 Å². The van der Waals surface area contributed by atoms with Crippen molar-refractivity contribution in [2.24, 2.45) is 0 Å². The maximum absolute atomic E-state index is 12.0. The molecule has 1 N–H and O–H groups in total. The lowest BCUT2D eigenvalue weighted by Gasteiger charge is -2.08. The molecule has 5 nitrogen and oxygen atoms in total. The van der Waals surface area contributed by atoms with Gasteiger partial charge in [0.25, 0.3) is 5.91 Å². The van der Waals surface area contributed by atoms with Crippen molar-refractivity contribution >= 4 is 38.3 Å². The maximum atomic E-state index is 12.0. The molecule has 2 aromatic rings. The Hall–Kier alpha value is -1.53. The van der Waals surface area contributed by atoms with Crippen molar-refractivity contribution in [2.75, 3.05) is 11.5 Å². The SMILES string of the molecule is O=C(NC1CCS(=O)(=O)C1)c1cc2cc(Cl)ccc2o1. The van der Waals surface area contributed by atoms with Crippen LogP contribution < -0.4 is 5.32 Å². The Labute approximate surface area is 120 Å². The third kappa shape index (κ3) is 2.66. The molecule has 1 aliphatic rings. The van der Waals surface area contributed by atoms with Crippen molar-refractivity contribution in [1.29, 1.82) is 0 Å². The molecule has 0 bridgehead atoms. The third-order valence-electron chi connectivity index (χ3n) is 3.27. The van der Waals surface area contributed by atoms with Gasteiger partial charge in [-0.2, -0.15) is 0 Å². The van der Waals surface area contributed by atoms with Crippen LogP contribution in [0.15, 0.2) is 28.7 Å². The predicted molar refractivity (Wildman–Crippen MR) is 75.7 cm³/mol. The molecule has 0 spiro atoms. The lowest BCUT2D eigenvalue weighted by Crippen LogP contribution is -2.35. The Morgan fingerprint density at radius 2 is 2.15 bits per heavy atom. The number of carbonyl (C=O) groups excluding carboxylic acids is 1. The standard InChI is InChI=1S/C13H12ClNO4S/c14-9-1-2-11-8(5-9)6-12(19-11)13(16)15-10-3-4-20(17,18)7-10/h1-2,5-6,10H,3-4,7H2,(H,15,16). The minimum atomic E-state index is -3.02. The average molecular weight is 314 g/mol. The molecule has 0 saturated carbocycles. The molecule has 0 aliphatic carbocycles. The maximum Gasteiger partial charge on any atom is 0.287 e. The fraction of sp³-hybridized carbons (Fsp3) is 0.308. The highest BCUT2D eigenvalue weighted by molar-refractivity contribution is 7.91. The summed E-state index contributed by atoms with van der Waals surface area (Å²) in [7, 11) is -3.02. The van der Waals surface area contributed by atoms with E-state index in [1.54, 1.807) is 24.3 Å². The number of sulfone groups is 1. The highest BCUT2D eigenvalue weighted by Gasteiger charge is 2.29. The fourth-order valence-electron chi connectivity index (χ4n) is 2.29. The molecule has 1 unspecified atom stereocenters. The Morgan fingerprint density at radius 1 is 1.35 bits per heavy atom. The van der Waals surface area contributed by atoms with Crippen molar-refractivity contribution in [3.8, 4) is 0 Å². The number of hydrogen-bond acceptors (Lipinski definition) is 4. The van der Waals surface area contributed by atoms with E-state index in [4.69, 9.17) is 16.0 Å². The summed E-state index contributed by atoms with van der Waals surface area (Å²) in [5.41, 5.74) is 0.568. The van der Waals surface area contributed by atoms with Gasteiger partial charge in [0, 0.05) is 16.5 Å². The van der Waals surface area contributed by atoms with Crippen LogP contribution in [0.1, 0.15) is 17.0 Å². The summed E-state index contributed by atoms with van der Waals surface area (Å²) in [6.45, 7) is 0. The monoisotopic (exact) mass is 313 g/mol. The number of hydrogen-bond donors (Lipinski definition) is 1. The van der Waals surface area contributed by atoms with E-state index < -0.39 is 15.7 Å². The van der Waals surface area contributed by atoms with Gasteiger partial charge in [0.2, 0.25) is 0 Å². The molecule has 20 heavy (non-hydrogen) atoms. The van der Waals surface area contributed by atoms with Crippen LogP contribution >= 0.6 is 11.6 Å². The first kappa shape index (κ1) is 13.5. The van der Waals surface area contributed by atoms with Gasteiger partial charge in [0.15, 0.2) is 15.6 Å². The number of nitrogens with one attached hydrogen (secondary N) is 1. The van der Waals surface area contributed by atoms with Gasteiger partial charge in [-0.3, -0.25) is 4.79 Å². The predicted octanol–water partition coefficient (Wildman–Crippen LogP) is 2.00. The summed E-state index contributed by atoms with van der Waals surface area (Å²) in [5.74, 6) is -0.135. The first-order valence-corrected chi connectivity index (χ1v) is 8.33. The molecule has 106 valence electrons. The van der Waals surface area contributed by atoms with Gasteiger partial charge in [-0.1, -0.05) is 11.6 Å². The van der Waals surface area contributed by atoms with Crippen LogP contribution in [0.5, 0.6) is 0 Å². The van der Waals surface area contributed by atoms with Gasteiger partial charge >= 0.3 is 0 Å². The molecule has 1 aromatic heterocycles. The van der Waals surface area contributed by atoms with Gasteiger partial charge in [-0.05, 0) is 30.7 Å². The number of rotatable bonds is 2. The first-order valence-electron chi connectivity index (χ1n) is 6.13. The Morgan fingerprint density at radius 3 is 2.85 bits per heavy atom. The molecule has 1 atom stereocenters. The third-order valence-corrected chi connectivity index (χ3v) is 5.27. The highest BCUT2D eigenvalue weighted by atomic mass is 35.5. The zero-order chi connectivity index (χ0) is 14.3. The van der Waals surface area contributed by atoms with E-state index in [0.717, 1.165) is 5.39 Å². The van der Waals surface area contributed by atoms with E-state index in [0.29, 0.717) is 17.0 Å². The number of carbonyl (C=O) groups is 1. The van der Waals surface area contributed by atoms with E-state index in [9.17, 15) is 13.2 Å². The lowest BCUT2D eigenvalue weighted by molar-refractivity contribution is 0.0915. The summed E-state index contributed by atoms with van der Waals surface area (Å²) in [6.07, 6.45) is 0.445. The lowest BCUT2D eigenvalue weighted by atomic mass is 10.2. The summed E-state index contributed by atoms with van der Waals surface area (Å²) in [6, 6.07) is 6.33. The van der Waals surface area contributed by atoms with Gasteiger partial charge in [0.1, 0.15) is 5.58 Å². The quantitative estimate of drug-likeness (QED) is 0.920. The second-order valence-corrected chi connectivity index (χ2v) is 7.53. The Bertz CT molecular complexity index is 781. The van der Waals surface area contributed by atoms with Crippen LogP contribution in [0.4, 0.5) is 0 Å². The molecule has 1 aromatic carbocycles. The highest BCUT2D eigenvalue weighted by Crippen LogP contribution is 2.23. The number of furan rings is 1. The van der Waals surface area contributed by atoms with Crippen molar-refractivity contribution in [3.05, 3.63) is 35.0 Å². The topological polar surface area (TPSA) is 76.4 Å². The minimum Gasteiger partial charge on any atom is -0.451 e. The van der Waals surface area contributed by atoms with Crippen molar-refractivity contribution < 1.29 is 17.6 Å². The minimum absolute atomic E-state index is 0.00913. The number of halogens is 1. The molecule has 0 radical (unpaired) electrons. The van der Waals surface area contributed by atoms with Crippen LogP contribution in [0, 0.1) is 0 Å². The van der Waals surface area contributed by atoms with Gasteiger partial charge < -0.3 is 9.73 Å². The van der Waals surface area contributed by atoms with Gasteiger partial charge in [-0.15, -0.1) is 0 Å². The Balaban J connectivity index is 1.79. The van der Waals surface area contributed by atoms with Gasteiger partial charge in [-0.25, -0.2) is 8.42 Å². The molecular weight excluding hydrogens is 302 g/mol. The second-order valence-electron chi connectivity index (χ2n) is 4.87. The van der Waals surface area contributed by atoms with Crippen LogP contribution in [0.2, 0.25) is 5.02 Å². The van der Waals surface area contributed by atoms with E-state index in [2.05, 4.69) is 5.32 Å². The molecule has 1 saturated heterocycles. The normalized spacial score (nSPS) is 21.1. The molecule has 3 rings (SSSR count). The number of amides is 1. The molecule has 7 heteroatoms. The smallest absolute Gasteiger partial charge is 0.287 e. The number of benzene rings is 1. The zero-order valence-corrected chi connectivity index (χ0v) is 12.0. The summed E-state index contributed by atoms with van der Waals surface area (Å²) < 4.78 is 28.1. The van der Waals surface area contributed by atoms with Crippen LogP contribution in [0.25, 0.3) is 11.0 Å². The van der Waals surface area contributed by atoms with Crippen molar-refractivity contribution in [2.45, 2.75) is 12.5 Å². The zero-order valence-electron chi connectivity index (χ0n) is 10.4. The Kier molecular flexibility index (Phi) is 3.22. The van der Waals surface area contributed by atoms with Crippen molar-refractivity contribution in [1.82, 2.24) is 5.32 Å². The molecule has 1 amide bonds. The van der Waals surface area contributed by atoms with E-state index in [-0.39, 0.29) is 23.3 Å². The van der Waals surface area contributed by atoms with E-state index in [1.165, 1.54) is 0 Å². The molecule has 1 aliphatic heterocycles.